The van der Waals surface area contributed by atoms with Gasteiger partial charge in [-0.05, 0) is 42.5 Å². The van der Waals surface area contributed by atoms with Crippen molar-refractivity contribution < 1.29 is 22.3 Å². The van der Waals surface area contributed by atoms with E-state index >= 15 is 0 Å². The van der Waals surface area contributed by atoms with E-state index in [2.05, 4.69) is 4.90 Å². The molecule has 1 saturated heterocycles. The van der Waals surface area contributed by atoms with Gasteiger partial charge in [0.05, 0.1) is 19.1 Å². The quantitative estimate of drug-likeness (QED) is 0.753. The molecule has 0 unspecified atom stereocenters. The molecule has 8 heteroatoms. The Balaban J connectivity index is 1.66. The Hall–Kier alpha value is -2.16. The van der Waals surface area contributed by atoms with Gasteiger partial charge in [0.15, 0.2) is 0 Å². The highest BCUT2D eigenvalue weighted by Crippen LogP contribution is 2.26. The fraction of sp³-hybridized carbons (Fsp3) is 0.368. The topological polar surface area (TPSA) is 59.1 Å². The molecule has 0 spiro atoms. The van der Waals surface area contributed by atoms with Crippen molar-refractivity contribution in [3.05, 3.63) is 53.8 Å². The Morgan fingerprint density at radius 3 is 2.22 bits per heavy atom. The highest BCUT2D eigenvalue weighted by molar-refractivity contribution is 7.89. The molecule has 0 radical (unpaired) electrons. The van der Waals surface area contributed by atoms with Gasteiger partial charge in [0.25, 0.3) is 0 Å². The largest absolute Gasteiger partial charge is 0.497 e. The molecule has 0 atom stereocenters. The molecule has 1 aliphatic heterocycles. The molecule has 0 aromatic heterocycles. The maximum Gasteiger partial charge on any atom is 0.243 e. The summed E-state index contributed by atoms with van der Waals surface area (Å²) in [5.74, 6) is 1.08. The van der Waals surface area contributed by atoms with E-state index in [1.807, 2.05) is 18.2 Å². The number of methoxy groups -OCH3 is 2. The molecule has 146 valence electrons. The molecule has 2 aromatic rings. The number of sulfonamides is 1. The molecule has 1 fully saturated rings. The summed E-state index contributed by atoms with van der Waals surface area (Å²) in [6, 6.07) is 10.6. The van der Waals surface area contributed by atoms with Gasteiger partial charge in [-0.3, -0.25) is 4.90 Å². The van der Waals surface area contributed by atoms with E-state index in [1.165, 1.54) is 16.4 Å². The molecule has 0 N–H and O–H groups in total. The molecule has 0 aliphatic carbocycles. The van der Waals surface area contributed by atoms with Crippen LogP contribution in [-0.4, -0.2) is 58.0 Å². The molecule has 6 nitrogen and oxygen atoms in total. The molecule has 3 rings (SSSR count). The van der Waals surface area contributed by atoms with E-state index in [-0.39, 0.29) is 4.90 Å². The smallest absolute Gasteiger partial charge is 0.243 e. The lowest BCUT2D eigenvalue weighted by Crippen LogP contribution is -2.48. The van der Waals surface area contributed by atoms with Crippen LogP contribution in [0.15, 0.2) is 47.4 Å². The normalized spacial score (nSPS) is 16.3. The predicted molar refractivity (Wildman–Crippen MR) is 100.0 cm³/mol. The van der Waals surface area contributed by atoms with Crippen molar-refractivity contribution in [3.63, 3.8) is 0 Å². The zero-order valence-corrected chi connectivity index (χ0v) is 16.2. The summed E-state index contributed by atoms with van der Waals surface area (Å²) in [6.45, 7) is 2.60. The van der Waals surface area contributed by atoms with Crippen molar-refractivity contribution in [3.8, 4) is 11.5 Å². The predicted octanol–water partition coefficient (Wildman–Crippen LogP) is 2.35. The molecule has 1 heterocycles. The third-order valence-electron chi connectivity index (χ3n) is 4.66. The Kier molecular flexibility index (Phi) is 5.98. The zero-order chi connectivity index (χ0) is 19.4. The molecular weight excluding hydrogens is 371 g/mol. The van der Waals surface area contributed by atoms with Gasteiger partial charge >= 0.3 is 0 Å². The van der Waals surface area contributed by atoms with Gasteiger partial charge in [-0.25, -0.2) is 12.8 Å². The van der Waals surface area contributed by atoms with E-state index in [4.69, 9.17) is 9.47 Å². The number of piperazine rings is 1. The first-order chi connectivity index (χ1) is 12.9. The molecule has 1 aliphatic rings. The first-order valence-corrected chi connectivity index (χ1v) is 10.1. The van der Waals surface area contributed by atoms with E-state index < -0.39 is 15.8 Å². The zero-order valence-electron chi connectivity index (χ0n) is 15.4. The van der Waals surface area contributed by atoms with Crippen molar-refractivity contribution in [2.24, 2.45) is 0 Å². The fourth-order valence-corrected chi connectivity index (χ4v) is 4.55. The lowest BCUT2D eigenvalue weighted by molar-refractivity contribution is 0.180. The van der Waals surface area contributed by atoms with Crippen molar-refractivity contribution >= 4 is 10.0 Å². The minimum Gasteiger partial charge on any atom is -0.497 e. The van der Waals surface area contributed by atoms with E-state index in [0.717, 1.165) is 29.2 Å². The monoisotopic (exact) mass is 394 g/mol. The molecule has 2 aromatic carbocycles. The molecule has 0 amide bonds. The van der Waals surface area contributed by atoms with Crippen LogP contribution in [0.2, 0.25) is 0 Å². The Morgan fingerprint density at radius 2 is 1.63 bits per heavy atom. The van der Waals surface area contributed by atoms with Crippen LogP contribution < -0.4 is 9.47 Å². The van der Waals surface area contributed by atoms with Crippen LogP contribution in [0.4, 0.5) is 4.39 Å². The molecule has 27 heavy (non-hydrogen) atoms. The first-order valence-electron chi connectivity index (χ1n) is 8.63. The van der Waals surface area contributed by atoms with Crippen LogP contribution >= 0.6 is 0 Å². The van der Waals surface area contributed by atoms with Crippen LogP contribution in [0.25, 0.3) is 0 Å². The summed E-state index contributed by atoms with van der Waals surface area (Å²) in [5, 5.41) is 0. The summed E-state index contributed by atoms with van der Waals surface area (Å²) < 4.78 is 50.6. The third kappa shape index (κ3) is 4.40. The average molecular weight is 394 g/mol. The highest BCUT2D eigenvalue weighted by Gasteiger charge is 2.28. The third-order valence-corrected chi connectivity index (χ3v) is 6.58. The van der Waals surface area contributed by atoms with Crippen LogP contribution in [0.3, 0.4) is 0 Å². The minimum absolute atomic E-state index is 0.117. The highest BCUT2D eigenvalue weighted by atomic mass is 32.2. The number of rotatable bonds is 6. The molecule has 0 saturated carbocycles. The second-order valence-electron chi connectivity index (χ2n) is 6.31. The van der Waals surface area contributed by atoms with Gasteiger partial charge < -0.3 is 9.47 Å². The number of ether oxygens (including phenoxy) is 2. The van der Waals surface area contributed by atoms with Crippen LogP contribution in [0, 0.1) is 5.82 Å². The van der Waals surface area contributed by atoms with Gasteiger partial charge in [-0.2, -0.15) is 4.31 Å². The number of hydrogen-bond acceptors (Lipinski definition) is 5. The first kappa shape index (κ1) is 19.6. The van der Waals surface area contributed by atoms with E-state index in [9.17, 15) is 12.8 Å². The summed E-state index contributed by atoms with van der Waals surface area (Å²) in [6.07, 6.45) is 0. The Morgan fingerprint density at radius 1 is 0.963 bits per heavy atom. The van der Waals surface area contributed by atoms with Gasteiger partial charge in [0.2, 0.25) is 10.0 Å². The summed E-state index contributed by atoms with van der Waals surface area (Å²) in [4.78, 5) is 2.29. The second kappa shape index (κ2) is 8.24. The summed E-state index contributed by atoms with van der Waals surface area (Å²) >= 11 is 0. The van der Waals surface area contributed by atoms with Crippen molar-refractivity contribution in [1.29, 1.82) is 0 Å². The van der Waals surface area contributed by atoms with Crippen molar-refractivity contribution in [2.75, 3.05) is 40.4 Å². The van der Waals surface area contributed by atoms with Crippen molar-refractivity contribution in [2.45, 2.75) is 11.4 Å². The minimum atomic E-state index is -3.60. The second-order valence-corrected chi connectivity index (χ2v) is 8.25. The summed E-state index contributed by atoms with van der Waals surface area (Å²) in [5.41, 5.74) is 0.992. The van der Waals surface area contributed by atoms with Crippen molar-refractivity contribution in [1.82, 2.24) is 9.21 Å². The molecular formula is C19H23FN2O4S. The van der Waals surface area contributed by atoms with E-state index in [1.54, 1.807) is 14.2 Å². The standard InChI is InChI=1S/C19H23FN2O4S/c1-25-17-5-8-19(26-2)15(13-17)14-21-9-11-22(12-10-21)27(23,24)18-6-3-16(20)4-7-18/h3-8,13H,9-12,14H2,1-2H3. The Labute approximate surface area is 159 Å². The lowest BCUT2D eigenvalue weighted by Gasteiger charge is -2.34. The van der Waals surface area contributed by atoms with Crippen LogP contribution in [0.1, 0.15) is 5.56 Å². The van der Waals surface area contributed by atoms with Gasteiger partial charge in [0, 0.05) is 38.3 Å². The lowest BCUT2D eigenvalue weighted by atomic mass is 10.1. The number of benzene rings is 2. The number of hydrogen-bond donors (Lipinski definition) is 0. The van der Waals surface area contributed by atoms with Crippen LogP contribution in [0.5, 0.6) is 11.5 Å². The number of halogens is 1. The van der Waals surface area contributed by atoms with Gasteiger partial charge in [0.1, 0.15) is 17.3 Å². The maximum atomic E-state index is 13.1. The number of nitrogens with zero attached hydrogens (tertiary/aromatic N) is 2. The van der Waals surface area contributed by atoms with Gasteiger partial charge in [-0.15, -0.1) is 0 Å². The Bertz CT molecular complexity index is 879. The maximum absolute atomic E-state index is 13.1. The van der Waals surface area contributed by atoms with Gasteiger partial charge in [-0.1, -0.05) is 0 Å². The SMILES string of the molecule is COc1ccc(OC)c(CN2CCN(S(=O)(=O)c3ccc(F)cc3)CC2)c1. The fourth-order valence-electron chi connectivity index (χ4n) is 3.13. The van der Waals surface area contributed by atoms with E-state index in [0.29, 0.717) is 32.7 Å². The summed E-state index contributed by atoms with van der Waals surface area (Å²) in [7, 11) is -0.364. The molecule has 0 bridgehead atoms. The van der Waals surface area contributed by atoms with Crippen LogP contribution in [-0.2, 0) is 16.6 Å². The average Bonchev–Trinajstić information content (AvgIpc) is 2.68.